The number of para-hydroxylation sites is 1. The molecular formula is C59H39NO. The smallest absolute Gasteiger partial charge is 0.143 e. The summed E-state index contributed by atoms with van der Waals surface area (Å²) in [7, 11) is 0. The van der Waals surface area contributed by atoms with Gasteiger partial charge in [0.1, 0.15) is 11.2 Å². The van der Waals surface area contributed by atoms with Gasteiger partial charge in [-0.3, -0.25) is 0 Å². The molecule has 0 spiro atoms. The molecular weight excluding hydrogens is 739 g/mol. The van der Waals surface area contributed by atoms with Gasteiger partial charge in [0, 0.05) is 33.3 Å². The van der Waals surface area contributed by atoms with E-state index >= 15 is 0 Å². The fraction of sp³-hybridized carbons (Fsp3) is 0.0169. The molecule has 0 unspecified atom stereocenters. The Hall–Kier alpha value is -7.94. The van der Waals surface area contributed by atoms with E-state index in [1.165, 1.54) is 44.2 Å². The van der Waals surface area contributed by atoms with E-state index in [9.17, 15) is 0 Å². The first-order chi connectivity index (χ1) is 30.3. The largest absolute Gasteiger partial charge is 0.455 e. The van der Waals surface area contributed by atoms with Crippen LogP contribution >= 0.6 is 0 Å². The molecule has 12 rings (SSSR count). The summed E-state index contributed by atoms with van der Waals surface area (Å²) in [5, 5.41) is 4.54. The van der Waals surface area contributed by atoms with Crippen molar-refractivity contribution in [1.29, 1.82) is 0 Å². The van der Waals surface area contributed by atoms with Gasteiger partial charge in [0.2, 0.25) is 0 Å². The summed E-state index contributed by atoms with van der Waals surface area (Å²) in [5.41, 5.74) is 16.6. The molecule has 0 fully saturated rings. The molecule has 0 atom stereocenters. The van der Waals surface area contributed by atoms with Crippen molar-refractivity contribution < 1.29 is 4.42 Å². The molecule has 0 aliphatic heterocycles. The van der Waals surface area contributed by atoms with E-state index in [1.807, 2.05) is 0 Å². The first kappa shape index (κ1) is 35.0. The van der Waals surface area contributed by atoms with Crippen LogP contribution in [0.1, 0.15) is 22.3 Å². The number of anilines is 3. The quantitative estimate of drug-likeness (QED) is 0.160. The van der Waals surface area contributed by atoms with Gasteiger partial charge in [-0.05, 0) is 97.7 Å². The Balaban J connectivity index is 1.15. The molecule has 0 amide bonds. The zero-order chi connectivity index (χ0) is 40.3. The number of nitrogens with zero attached hydrogens (tertiary/aromatic N) is 1. The molecule has 0 saturated heterocycles. The lowest BCUT2D eigenvalue weighted by Gasteiger charge is -2.35. The van der Waals surface area contributed by atoms with E-state index in [4.69, 9.17) is 4.42 Å². The summed E-state index contributed by atoms with van der Waals surface area (Å²) < 4.78 is 6.89. The standard InChI is InChI=1S/C59H39NO/c1-5-19-40(20-6-1)47-28-16-18-32-55(47)60(45-34-36-56-51(38-45)52-37-42-23-13-14-29-48(42)57(58(52)61-56)41-21-7-2-8-22-41)46-33-35-50-49-30-15-17-31-53(49)59(54(50)39-46,43-24-9-3-10-25-43)44-26-11-4-12-27-44/h1-39H. The van der Waals surface area contributed by atoms with Crippen LogP contribution in [-0.2, 0) is 5.41 Å². The van der Waals surface area contributed by atoms with E-state index in [0.29, 0.717) is 0 Å². The summed E-state index contributed by atoms with van der Waals surface area (Å²) >= 11 is 0. The molecule has 0 N–H and O–H groups in total. The van der Waals surface area contributed by atoms with Gasteiger partial charge in [0.05, 0.1) is 11.1 Å². The summed E-state index contributed by atoms with van der Waals surface area (Å²) in [6.07, 6.45) is 0. The Bertz CT molecular complexity index is 3370. The second-order valence-corrected chi connectivity index (χ2v) is 16.0. The topological polar surface area (TPSA) is 16.4 Å². The molecule has 1 heterocycles. The summed E-state index contributed by atoms with van der Waals surface area (Å²) in [5.74, 6) is 0. The molecule has 0 saturated carbocycles. The first-order valence-electron chi connectivity index (χ1n) is 21.0. The Morgan fingerprint density at radius 3 is 1.66 bits per heavy atom. The molecule has 0 bridgehead atoms. The van der Waals surface area contributed by atoms with Gasteiger partial charge >= 0.3 is 0 Å². The molecule has 61 heavy (non-hydrogen) atoms. The SMILES string of the molecule is c1ccc(-c2ccccc2N(c2ccc3c(c2)C(c2ccccc2)(c2ccccc2)c2ccccc2-3)c2ccc3oc4c(-c5ccccc5)c5ccccc5cc4c3c2)cc1. The third-order valence-corrected chi connectivity index (χ3v) is 12.7. The first-order valence-corrected chi connectivity index (χ1v) is 21.0. The number of hydrogen-bond donors (Lipinski definition) is 0. The lowest BCUT2D eigenvalue weighted by atomic mass is 9.67. The molecule has 286 valence electrons. The highest BCUT2D eigenvalue weighted by molar-refractivity contribution is 6.19. The van der Waals surface area contributed by atoms with Gasteiger partial charge in [-0.1, -0.05) is 194 Å². The van der Waals surface area contributed by atoms with Crippen molar-refractivity contribution in [3.05, 3.63) is 259 Å². The average molecular weight is 778 g/mol. The zero-order valence-electron chi connectivity index (χ0n) is 33.4. The average Bonchev–Trinajstić information content (AvgIpc) is 3.85. The maximum Gasteiger partial charge on any atom is 0.143 e. The minimum Gasteiger partial charge on any atom is -0.455 e. The number of fused-ring (bicyclic) bond motifs is 7. The van der Waals surface area contributed by atoms with Gasteiger partial charge in [0.25, 0.3) is 0 Å². The highest BCUT2D eigenvalue weighted by Gasteiger charge is 2.46. The van der Waals surface area contributed by atoms with Gasteiger partial charge in [-0.15, -0.1) is 0 Å². The van der Waals surface area contributed by atoms with Gasteiger partial charge < -0.3 is 9.32 Å². The fourth-order valence-electron chi connectivity index (χ4n) is 10.1. The molecule has 1 aliphatic rings. The number of hydrogen-bond acceptors (Lipinski definition) is 2. The van der Waals surface area contributed by atoms with E-state index in [0.717, 1.165) is 61.3 Å². The van der Waals surface area contributed by atoms with Crippen molar-refractivity contribution in [3.8, 4) is 33.4 Å². The van der Waals surface area contributed by atoms with E-state index in [1.54, 1.807) is 0 Å². The Kier molecular flexibility index (Phi) is 8.11. The predicted molar refractivity (Wildman–Crippen MR) is 254 cm³/mol. The normalized spacial score (nSPS) is 12.7. The van der Waals surface area contributed by atoms with E-state index in [2.05, 4.69) is 241 Å². The van der Waals surface area contributed by atoms with Crippen molar-refractivity contribution in [2.45, 2.75) is 5.41 Å². The fourth-order valence-corrected chi connectivity index (χ4v) is 10.1. The molecule has 0 radical (unpaired) electrons. The molecule has 1 aromatic heterocycles. The van der Waals surface area contributed by atoms with Gasteiger partial charge in [0.15, 0.2) is 0 Å². The van der Waals surface area contributed by atoms with Crippen LogP contribution in [0.2, 0.25) is 0 Å². The summed E-state index contributed by atoms with van der Waals surface area (Å²) in [6, 6.07) is 86.0. The highest BCUT2D eigenvalue weighted by Crippen LogP contribution is 2.57. The molecule has 2 heteroatoms. The third kappa shape index (κ3) is 5.43. The lowest BCUT2D eigenvalue weighted by molar-refractivity contribution is 0.670. The summed E-state index contributed by atoms with van der Waals surface area (Å²) in [6.45, 7) is 0. The van der Waals surface area contributed by atoms with Gasteiger partial charge in [-0.25, -0.2) is 0 Å². The predicted octanol–water partition coefficient (Wildman–Crippen LogP) is 15.9. The summed E-state index contributed by atoms with van der Waals surface area (Å²) in [4.78, 5) is 2.45. The van der Waals surface area contributed by atoms with Crippen molar-refractivity contribution in [2.24, 2.45) is 0 Å². The Morgan fingerprint density at radius 2 is 0.918 bits per heavy atom. The number of furan rings is 1. The maximum atomic E-state index is 6.89. The van der Waals surface area contributed by atoms with Crippen LogP contribution in [0, 0.1) is 0 Å². The third-order valence-electron chi connectivity index (χ3n) is 12.7. The van der Waals surface area contributed by atoms with E-state index in [-0.39, 0.29) is 0 Å². The van der Waals surface area contributed by atoms with Crippen molar-refractivity contribution in [2.75, 3.05) is 4.90 Å². The number of rotatable bonds is 7. The molecule has 11 aromatic rings. The molecule has 1 aliphatic carbocycles. The molecule has 2 nitrogen and oxygen atoms in total. The van der Waals surface area contributed by atoms with Crippen LogP contribution in [-0.4, -0.2) is 0 Å². The second kappa shape index (κ2) is 14.1. The highest BCUT2D eigenvalue weighted by atomic mass is 16.3. The minimum absolute atomic E-state index is 0.533. The van der Waals surface area contributed by atoms with Crippen molar-refractivity contribution in [3.63, 3.8) is 0 Å². The van der Waals surface area contributed by atoms with Crippen LogP contribution in [0.4, 0.5) is 17.1 Å². The maximum absolute atomic E-state index is 6.89. The second-order valence-electron chi connectivity index (χ2n) is 16.0. The minimum atomic E-state index is -0.533. The van der Waals surface area contributed by atoms with Crippen LogP contribution in [0.15, 0.2) is 241 Å². The van der Waals surface area contributed by atoms with Crippen LogP contribution in [0.3, 0.4) is 0 Å². The van der Waals surface area contributed by atoms with Crippen molar-refractivity contribution in [1.82, 2.24) is 0 Å². The van der Waals surface area contributed by atoms with Gasteiger partial charge in [-0.2, -0.15) is 0 Å². The zero-order valence-corrected chi connectivity index (χ0v) is 33.4. The Morgan fingerprint density at radius 1 is 0.361 bits per heavy atom. The monoisotopic (exact) mass is 777 g/mol. The van der Waals surface area contributed by atoms with Crippen LogP contribution in [0.25, 0.3) is 66.1 Å². The van der Waals surface area contributed by atoms with Crippen LogP contribution < -0.4 is 4.90 Å². The van der Waals surface area contributed by atoms with Crippen LogP contribution in [0.5, 0.6) is 0 Å². The van der Waals surface area contributed by atoms with E-state index < -0.39 is 5.41 Å². The molecule has 10 aromatic carbocycles. The number of benzene rings is 10. The Labute approximate surface area is 355 Å². The lowest BCUT2D eigenvalue weighted by Crippen LogP contribution is -2.28. The van der Waals surface area contributed by atoms with Crippen molar-refractivity contribution >= 4 is 49.8 Å².